The van der Waals surface area contributed by atoms with E-state index in [0.717, 1.165) is 23.0 Å². The molecule has 0 fully saturated rings. The Morgan fingerprint density at radius 2 is 1.24 bits per heavy atom. The fraction of sp³-hybridized carbons (Fsp3) is 0.0714. The van der Waals surface area contributed by atoms with Gasteiger partial charge >= 0.3 is 0 Å². The number of benzene rings is 3. The molecule has 2 aromatic heterocycles. The fourth-order valence-electron chi connectivity index (χ4n) is 4.43. The molecular weight excluding hydrogens is 445 g/mol. The van der Waals surface area contributed by atoms with E-state index in [-0.39, 0.29) is 0 Å². The minimum Gasteiger partial charge on any atom is -0.264 e. The van der Waals surface area contributed by atoms with Gasteiger partial charge in [0.2, 0.25) is 0 Å². The second-order valence-electron chi connectivity index (χ2n) is 7.96. The summed E-state index contributed by atoms with van der Waals surface area (Å²) in [5.74, 6) is 0. The number of hydrogen-bond acceptors (Lipinski definition) is 2. The Morgan fingerprint density at radius 3 is 1.70 bits per heavy atom. The molecule has 0 amide bonds. The van der Waals surface area contributed by atoms with Gasteiger partial charge in [-0.25, -0.2) is 0 Å². The molecule has 33 heavy (non-hydrogen) atoms. The summed E-state index contributed by atoms with van der Waals surface area (Å²) in [5.41, 5.74) is 2.92. The summed E-state index contributed by atoms with van der Waals surface area (Å²) in [5, 5.41) is 9.43. The molecule has 3 nitrogen and oxygen atoms in total. The van der Waals surface area contributed by atoms with Crippen molar-refractivity contribution in [2.75, 3.05) is 0 Å². The van der Waals surface area contributed by atoms with Crippen LogP contribution in [0.3, 0.4) is 0 Å². The van der Waals surface area contributed by atoms with Crippen molar-refractivity contribution < 1.29 is 0 Å². The number of halogens is 1. The van der Waals surface area contributed by atoms with E-state index in [1.165, 1.54) is 15.9 Å². The molecule has 162 valence electrons. The molecule has 0 saturated carbocycles. The molecule has 3 aromatic carbocycles. The highest BCUT2D eigenvalue weighted by atomic mass is 35.5. The molecule has 0 aliphatic carbocycles. The van der Waals surface area contributed by atoms with Crippen molar-refractivity contribution in [1.29, 1.82) is 0 Å². The van der Waals surface area contributed by atoms with E-state index in [1.54, 1.807) is 10.9 Å². The van der Waals surface area contributed by atoms with Gasteiger partial charge in [-0.2, -0.15) is 5.10 Å². The van der Waals surface area contributed by atoms with Gasteiger partial charge in [0.1, 0.15) is 40.2 Å². The van der Waals surface area contributed by atoms with Gasteiger partial charge in [0.15, 0.2) is 0 Å². The van der Waals surface area contributed by atoms with E-state index >= 15 is 0 Å². The highest BCUT2D eigenvalue weighted by Crippen LogP contribution is 2.59. The maximum atomic E-state index is 6.93. The van der Waals surface area contributed by atoms with Crippen LogP contribution in [0.1, 0.15) is 5.56 Å². The zero-order chi connectivity index (χ0) is 22.7. The smallest absolute Gasteiger partial charge is 0.134 e. The normalized spacial score (nSPS) is 11.5. The first-order valence-electron chi connectivity index (χ1n) is 10.9. The van der Waals surface area contributed by atoms with Gasteiger partial charge in [-0.1, -0.05) is 66.2 Å². The van der Waals surface area contributed by atoms with Crippen molar-refractivity contribution in [3.8, 4) is 11.3 Å². The van der Waals surface area contributed by atoms with Crippen molar-refractivity contribution in [3.63, 3.8) is 0 Å². The Bertz CT molecular complexity index is 1240. The first-order chi connectivity index (χ1) is 16.2. The van der Waals surface area contributed by atoms with E-state index in [1.807, 2.05) is 25.4 Å². The maximum Gasteiger partial charge on any atom is 0.134 e. The Morgan fingerprint density at radius 1 is 0.727 bits per heavy atom. The molecule has 0 radical (unpaired) electrons. The van der Waals surface area contributed by atoms with Gasteiger partial charge < -0.3 is 0 Å². The molecular formula is C28H24ClN3P+. The van der Waals surface area contributed by atoms with Crippen LogP contribution in [0.2, 0.25) is 5.15 Å². The predicted molar refractivity (Wildman–Crippen MR) is 140 cm³/mol. The maximum absolute atomic E-state index is 6.93. The Labute approximate surface area is 200 Å². The third-order valence-electron chi connectivity index (χ3n) is 5.99. The van der Waals surface area contributed by atoms with Crippen LogP contribution in [0, 0.1) is 0 Å². The van der Waals surface area contributed by atoms with Crippen LogP contribution in [-0.2, 0) is 13.2 Å². The molecule has 0 atom stereocenters. The van der Waals surface area contributed by atoms with Crippen LogP contribution in [0.15, 0.2) is 116 Å². The summed E-state index contributed by atoms with van der Waals surface area (Å²) in [7, 11) is -0.192. The number of aryl methyl sites for hydroxylation is 1. The second kappa shape index (κ2) is 9.31. The number of rotatable bonds is 6. The van der Waals surface area contributed by atoms with Gasteiger partial charge in [0.05, 0.1) is 5.56 Å². The molecule has 0 N–H and O–H groups in total. The third-order valence-corrected chi connectivity index (χ3v) is 10.8. The van der Waals surface area contributed by atoms with Crippen molar-refractivity contribution in [1.82, 2.24) is 14.8 Å². The zero-order valence-electron chi connectivity index (χ0n) is 18.3. The minimum atomic E-state index is -2.09. The molecule has 5 aromatic rings. The van der Waals surface area contributed by atoms with Crippen LogP contribution < -0.4 is 15.9 Å². The lowest BCUT2D eigenvalue weighted by molar-refractivity contribution is 0.771. The largest absolute Gasteiger partial charge is 0.264 e. The second-order valence-corrected chi connectivity index (χ2v) is 11.8. The van der Waals surface area contributed by atoms with Crippen LogP contribution in [0.25, 0.3) is 11.3 Å². The van der Waals surface area contributed by atoms with Crippen molar-refractivity contribution >= 4 is 34.8 Å². The molecule has 5 rings (SSSR count). The number of nitrogens with zero attached hydrogens (tertiary/aromatic N) is 3. The SMILES string of the molecule is Cn1nc(-c2cccnc2)c(C[P+](c2ccccc2)(c2ccccc2)c2ccccc2)c1Cl. The first-order valence-corrected chi connectivity index (χ1v) is 13.2. The molecule has 0 unspecified atom stereocenters. The van der Waals surface area contributed by atoms with Crippen LogP contribution in [0.4, 0.5) is 0 Å². The molecule has 5 heteroatoms. The summed E-state index contributed by atoms with van der Waals surface area (Å²) >= 11 is 6.93. The minimum absolute atomic E-state index is 0.668. The average molecular weight is 469 g/mol. The van der Waals surface area contributed by atoms with Crippen LogP contribution in [0.5, 0.6) is 0 Å². The Kier molecular flexibility index (Phi) is 6.09. The average Bonchev–Trinajstić information content (AvgIpc) is 3.17. The summed E-state index contributed by atoms with van der Waals surface area (Å²) in [6, 6.07) is 36.5. The van der Waals surface area contributed by atoms with Gasteiger partial charge in [-0.3, -0.25) is 9.67 Å². The van der Waals surface area contributed by atoms with Gasteiger partial charge in [0, 0.05) is 25.0 Å². The lowest BCUT2D eigenvalue weighted by Gasteiger charge is -2.28. The van der Waals surface area contributed by atoms with Gasteiger partial charge in [-0.05, 0) is 48.5 Å². The van der Waals surface area contributed by atoms with Crippen molar-refractivity contribution in [3.05, 3.63) is 126 Å². The van der Waals surface area contributed by atoms with Crippen LogP contribution in [-0.4, -0.2) is 14.8 Å². The van der Waals surface area contributed by atoms with E-state index in [0.29, 0.717) is 5.15 Å². The molecule has 0 aliphatic heterocycles. The highest BCUT2D eigenvalue weighted by Gasteiger charge is 2.47. The lowest BCUT2D eigenvalue weighted by Crippen LogP contribution is -2.32. The lowest BCUT2D eigenvalue weighted by atomic mass is 10.1. The molecule has 0 saturated heterocycles. The van der Waals surface area contributed by atoms with E-state index in [4.69, 9.17) is 16.7 Å². The topological polar surface area (TPSA) is 30.7 Å². The quantitative estimate of drug-likeness (QED) is 0.302. The monoisotopic (exact) mass is 468 g/mol. The number of hydrogen-bond donors (Lipinski definition) is 0. The van der Waals surface area contributed by atoms with E-state index in [9.17, 15) is 0 Å². The summed E-state index contributed by atoms with van der Waals surface area (Å²) in [6.45, 7) is 0. The predicted octanol–water partition coefficient (Wildman–Crippen LogP) is 5.63. The number of pyridine rings is 1. The highest BCUT2D eigenvalue weighted by molar-refractivity contribution is 7.95. The molecule has 0 aliphatic rings. The summed E-state index contributed by atoms with van der Waals surface area (Å²) < 4.78 is 1.77. The van der Waals surface area contributed by atoms with Crippen molar-refractivity contribution in [2.24, 2.45) is 7.05 Å². The third kappa shape index (κ3) is 3.99. The Hall–Kier alpha value is -3.26. The zero-order valence-corrected chi connectivity index (χ0v) is 20.0. The van der Waals surface area contributed by atoms with E-state index < -0.39 is 7.26 Å². The molecule has 0 spiro atoms. The van der Waals surface area contributed by atoms with Crippen molar-refractivity contribution in [2.45, 2.75) is 6.16 Å². The first kappa shape index (κ1) is 21.6. The summed E-state index contributed by atoms with van der Waals surface area (Å²) in [4.78, 5) is 4.33. The van der Waals surface area contributed by atoms with E-state index in [2.05, 4.69) is 96.0 Å². The molecule has 2 heterocycles. The van der Waals surface area contributed by atoms with Gasteiger partial charge in [-0.15, -0.1) is 0 Å². The summed E-state index contributed by atoms with van der Waals surface area (Å²) in [6.07, 6.45) is 4.40. The molecule has 0 bridgehead atoms. The standard InChI is InChI=1S/C28H24ClN3P/c1-32-28(29)26(27(31-32)22-12-11-19-30-20-22)21-33(23-13-5-2-6-14-23,24-15-7-3-8-16-24)25-17-9-4-10-18-25/h2-20H,21H2,1H3/q+1. The number of aromatic nitrogens is 3. The van der Waals surface area contributed by atoms with Gasteiger partial charge in [0.25, 0.3) is 0 Å². The fourth-order valence-corrected chi connectivity index (χ4v) is 8.97. The Balaban J connectivity index is 1.81. The van der Waals surface area contributed by atoms with Crippen LogP contribution >= 0.6 is 18.9 Å².